The minimum Gasteiger partial charge on any atom is -0.481 e. The van der Waals surface area contributed by atoms with Gasteiger partial charge in [-0.25, -0.2) is 0 Å². The molecule has 1 aromatic carbocycles. The van der Waals surface area contributed by atoms with Crippen LogP contribution < -0.4 is 5.32 Å². The molecule has 102 valence electrons. The van der Waals surface area contributed by atoms with Crippen molar-refractivity contribution in [1.82, 2.24) is 5.32 Å². The minimum absolute atomic E-state index is 0.0267. The van der Waals surface area contributed by atoms with Crippen LogP contribution in [0.25, 0.3) is 0 Å². The number of carbonyl (C=O) groups is 2. The van der Waals surface area contributed by atoms with Crippen LogP contribution in [0.2, 0.25) is 5.02 Å². The molecule has 1 aromatic rings. The average molecular weight is 282 g/mol. The Kier molecular flexibility index (Phi) is 4.43. The quantitative estimate of drug-likeness (QED) is 0.872. The van der Waals surface area contributed by atoms with Crippen molar-refractivity contribution in [2.24, 2.45) is 5.92 Å². The Balaban J connectivity index is 2.13. The Morgan fingerprint density at radius 3 is 2.58 bits per heavy atom. The summed E-state index contributed by atoms with van der Waals surface area (Å²) in [6, 6.07) is 6.43. The zero-order chi connectivity index (χ0) is 13.8. The van der Waals surface area contributed by atoms with Crippen molar-refractivity contribution in [2.45, 2.75) is 31.7 Å². The molecule has 1 atom stereocenters. The summed E-state index contributed by atoms with van der Waals surface area (Å²) < 4.78 is 0. The van der Waals surface area contributed by atoms with Crippen molar-refractivity contribution in [3.63, 3.8) is 0 Å². The molecule has 2 N–H and O–H groups in total. The van der Waals surface area contributed by atoms with E-state index in [1.807, 2.05) is 0 Å². The molecular formula is C14H16ClNO3. The third kappa shape index (κ3) is 3.47. The maximum atomic E-state index is 12.0. The number of hydrogen-bond donors (Lipinski definition) is 2. The summed E-state index contributed by atoms with van der Waals surface area (Å²) in [5, 5.41) is 12.2. The molecule has 0 aliphatic heterocycles. The van der Waals surface area contributed by atoms with Gasteiger partial charge in [-0.3, -0.25) is 9.59 Å². The second-order valence-corrected chi connectivity index (χ2v) is 5.22. The molecule has 0 radical (unpaired) electrons. The summed E-state index contributed by atoms with van der Waals surface area (Å²) in [6.07, 6.45) is 2.66. The van der Waals surface area contributed by atoms with E-state index in [4.69, 9.17) is 16.7 Å². The van der Waals surface area contributed by atoms with Crippen LogP contribution in [0.3, 0.4) is 0 Å². The summed E-state index contributed by atoms with van der Waals surface area (Å²) in [5.74, 6) is -1.00. The Morgan fingerprint density at radius 2 is 2.05 bits per heavy atom. The molecule has 0 spiro atoms. The largest absolute Gasteiger partial charge is 0.481 e. The first-order valence-corrected chi connectivity index (χ1v) is 6.72. The van der Waals surface area contributed by atoms with Crippen LogP contribution in [-0.2, 0) is 9.59 Å². The number of halogens is 1. The first kappa shape index (κ1) is 13.9. The van der Waals surface area contributed by atoms with E-state index < -0.39 is 12.0 Å². The molecule has 2 rings (SSSR count). The Hall–Kier alpha value is -1.55. The van der Waals surface area contributed by atoms with Gasteiger partial charge in [0.25, 0.3) is 0 Å². The molecule has 1 aliphatic rings. The summed E-state index contributed by atoms with van der Waals surface area (Å²) >= 11 is 6.07. The standard InChI is InChI=1S/C14H16ClNO3/c15-11-7-2-1-6-10(11)12(8-13(17)18)16-14(19)9-4-3-5-9/h1-2,6-7,9,12H,3-5,8H2,(H,16,19)(H,17,18). The van der Waals surface area contributed by atoms with Crippen LogP contribution in [0.15, 0.2) is 24.3 Å². The van der Waals surface area contributed by atoms with Gasteiger partial charge >= 0.3 is 5.97 Å². The fourth-order valence-electron chi connectivity index (χ4n) is 2.13. The van der Waals surface area contributed by atoms with E-state index in [0.29, 0.717) is 10.6 Å². The van der Waals surface area contributed by atoms with Crippen molar-refractivity contribution in [2.75, 3.05) is 0 Å². The lowest BCUT2D eigenvalue weighted by molar-refractivity contribution is -0.138. The number of amides is 1. The Morgan fingerprint density at radius 1 is 1.37 bits per heavy atom. The van der Waals surface area contributed by atoms with Gasteiger partial charge < -0.3 is 10.4 Å². The predicted octanol–water partition coefficient (Wildman–Crippen LogP) is 2.77. The third-order valence-corrected chi connectivity index (χ3v) is 3.80. The second-order valence-electron chi connectivity index (χ2n) is 4.81. The fourth-order valence-corrected chi connectivity index (χ4v) is 2.40. The monoisotopic (exact) mass is 281 g/mol. The van der Waals surface area contributed by atoms with Crippen LogP contribution in [0.1, 0.15) is 37.3 Å². The third-order valence-electron chi connectivity index (χ3n) is 3.45. The van der Waals surface area contributed by atoms with Gasteiger partial charge in [0, 0.05) is 10.9 Å². The van der Waals surface area contributed by atoms with Crippen LogP contribution in [0.5, 0.6) is 0 Å². The first-order chi connectivity index (χ1) is 9.08. The van der Waals surface area contributed by atoms with Crippen molar-refractivity contribution < 1.29 is 14.7 Å². The maximum absolute atomic E-state index is 12.0. The Labute approximate surface area is 116 Å². The van der Waals surface area contributed by atoms with Gasteiger partial charge in [0.05, 0.1) is 12.5 Å². The molecule has 0 heterocycles. The number of aliphatic carboxylic acids is 1. The van der Waals surface area contributed by atoms with Crippen LogP contribution in [-0.4, -0.2) is 17.0 Å². The molecule has 0 bridgehead atoms. The highest BCUT2D eigenvalue weighted by Crippen LogP contribution is 2.29. The second kappa shape index (κ2) is 6.06. The summed E-state index contributed by atoms with van der Waals surface area (Å²) in [7, 11) is 0. The number of rotatable bonds is 5. The predicted molar refractivity (Wildman–Crippen MR) is 71.9 cm³/mol. The number of hydrogen-bond acceptors (Lipinski definition) is 2. The molecule has 4 nitrogen and oxygen atoms in total. The number of carboxylic acid groups (broad SMARTS) is 1. The van der Waals surface area contributed by atoms with Gasteiger partial charge in [0.15, 0.2) is 0 Å². The minimum atomic E-state index is -0.959. The van der Waals surface area contributed by atoms with Crippen LogP contribution >= 0.6 is 11.6 Å². The molecule has 0 aromatic heterocycles. The molecule has 1 fully saturated rings. The average Bonchev–Trinajstić information content (AvgIpc) is 2.25. The van der Waals surface area contributed by atoms with E-state index in [2.05, 4.69) is 5.32 Å². The molecule has 1 saturated carbocycles. The zero-order valence-corrected chi connectivity index (χ0v) is 11.2. The number of carbonyl (C=O) groups excluding carboxylic acids is 1. The highest BCUT2D eigenvalue weighted by molar-refractivity contribution is 6.31. The SMILES string of the molecule is O=C(O)CC(NC(=O)C1CCC1)c1ccccc1Cl. The molecule has 0 saturated heterocycles. The van der Waals surface area contributed by atoms with Crippen molar-refractivity contribution >= 4 is 23.5 Å². The number of carboxylic acids is 1. The van der Waals surface area contributed by atoms with E-state index in [-0.39, 0.29) is 18.2 Å². The molecular weight excluding hydrogens is 266 g/mol. The fraction of sp³-hybridized carbons (Fsp3) is 0.429. The summed E-state index contributed by atoms with van der Waals surface area (Å²) in [4.78, 5) is 22.9. The van der Waals surface area contributed by atoms with E-state index in [1.54, 1.807) is 24.3 Å². The van der Waals surface area contributed by atoms with Gasteiger partial charge in [-0.15, -0.1) is 0 Å². The first-order valence-electron chi connectivity index (χ1n) is 6.34. The highest BCUT2D eigenvalue weighted by Gasteiger charge is 2.28. The lowest BCUT2D eigenvalue weighted by Crippen LogP contribution is -2.37. The van der Waals surface area contributed by atoms with Crippen LogP contribution in [0.4, 0.5) is 0 Å². The smallest absolute Gasteiger partial charge is 0.305 e. The van der Waals surface area contributed by atoms with E-state index in [9.17, 15) is 9.59 Å². The van der Waals surface area contributed by atoms with Crippen molar-refractivity contribution in [3.8, 4) is 0 Å². The van der Waals surface area contributed by atoms with Gasteiger partial charge in [0.1, 0.15) is 0 Å². The molecule has 1 unspecified atom stereocenters. The highest BCUT2D eigenvalue weighted by atomic mass is 35.5. The van der Waals surface area contributed by atoms with E-state index >= 15 is 0 Å². The Bertz CT molecular complexity index is 485. The van der Waals surface area contributed by atoms with Gasteiger partial charge in [0.2, 0.25) is 5.91 Å². The van der Waals surface area contributed by atoms with Crippen molar-refractivity contribution in [3.05, 3.63) is 34.9 Å². The van der Waals surface area contributed by atoms with Crippen molar-refractivity contribution in [1.29, 1.82) is 0 Å². The van der Waals surface area contributed by atoms with E-state index in [0.717, 1.165) is 19.3 Å². The van der Waals surface area contributed by atoms with Crippen LogP contribution in [0, 0.1) is 5.92 Å². The topological polar surface area (TPSA) is 66.4 Å². The normalized spacial score (nSPS) is 16.5. The number of benzene rings is 1. The van der Waals surface area contributed by atoms with E-state index in [1.165, 1.54) is 0 Å². The molecule has 1 aliphatic carbocycles. The number of nitrogens with one attached hydrogen (secondary N) is 1. The van der Waals surface area contributed by atoms with Gasteiger partial charge in [-0.05, 0) is 24.5 Å². The summed E-state index contributed by atoms with van der Waals surface area (Å²) in [5.41, 5.74) is 0.652. The lowest BCUT2D eigenvalue weighted by atomic mass is 9.84. The molecule has 19 heavy (non-hydrogen) atoms. The molecule has 1 amide bonds. The zero-order valence-electron chi connectivity index (χ0n) is 10.4. The summed E-state index contributed by atoms with van der Waals surface area (Å²) in [6.45, 7) is 0. The van der Waals surface area contributed by atoms with Gasteiger partial charge in [-0.1, -0.05) is 36.2 Å². The van der Waals surface area contributed by atoms with Gasteiger partial charge in [-0.2, -0.15) is 0 Å². The lowest BCUT2D eigenvalue weighted by Gasteiger charge is -2.27. The maximum Gasteiger partial charge on any atom is 0.305 e. The molecule has 5 heteroatoms.